The van der Waals surface area contributed by atoms with E-state index in [9.17, 15) is 30.0 Å². The fourth-order valence-corrected chi connectivity index (χ4v) is 5.03. The number of carbonyl (C=O) groups excluding carboxylic acids is 2. The fourth-order valence-electron chi connectivity index (χ4n) is 5.03. The summed E-state index contributed by atoms with van der Waals surface area (Å²) >= 11 is 0. The average Bonchev–Trinajstić information content (AvgIpc) is 3.08. The van der Waals surface area contributed by atoms with Crippen LogP contribution in [0.4, 0.5) is 0 Å². The molecule has 12 nitrogen and oxygen atoms in total. The van der Waals surface area contributed by atoms with Crippen molar-refractivity contribution in [2.45, 2.75) is 84.0 Å². The highest BCUT2D eigenvalue weighted by Gasteiger charge is 2.36. The Morgan fingerprint density at radius 2 is 0.980 bits per heavy atom. The van der Waals surface area contributed by atoms with Crippen molar-refractivity contribution in [3.63, 3.8) is 0 Å². The van der Waals surface area contributed by atoms with Crippen LogP contribution < -0.4 is 9.47 Å². The largest absolute Gasteiger partial charge is 0.497 e. The van der Waals surface area contributed by atoms with E-state index in [1.807, 2.05) is 24.3 Å². The molecule has 0 bridgehead atoms. The number of esters is 2. The molecule has 12 heteroatoms. The number of hydrogen-bond donors (Lipinski definition) is 4. The second-order valence-corrected chi connectivity index (χ2v) is 11.8. The summed E-state index contributed by atoms with van der Waals surface area (Å²) in [5.41, 5.74) is 1.59. The van der Waals surface area contributed by atoms with E-state index >= 15 is 0 Å². The van der Waals surface area contributed by atoms with Crippen molar-refractivity contribution in [2.75, 3.05) is 27.4 Å². The lowest BCUT2D eigenvalue weighted by molar-refractivity contribution is -0.140. The first kappa shape index (κ1) is 41.4. The summed E-state index contributed by atoms with van der Waals surface area (Å²) in [6, 6.07) is 14.4. The van der Waals surface area contributed by atoms with Crippen LogP contribution in [0.25, 0.3) is 0 Å². The third-order valence-electron chi connectivity index (χ3n) is 7.99. The number of methoxy groups -OCH3 is 2. The van der Waals surface area contributed by atoms with Gasteiger partial charge in [0.15, 0.2) is 0 Å². The van der Waals surface area contributed by atoms with Crippen LogP contribution in [0.3, 0.4) is 0 Å². The monoisotopic (exact) mass is 688 g/mol. The molecule has 0 fully saturated rings. The van der Waals surface area contributed by atoms with Gasteiger partial charge in [-0.1, -0.05) is 50.3 Å². The first-order valence-corrected chi connectivity index (χ1v) is 16.2. The van der Waals surface area contributed by atoms with E-state index in [1.54, 1.807) is 52.3 Å². The molecule has 0 aliphatic rings. The minimum atomic E-state index is -1.28. The molecule has 0 saturated heterocycles. The number of hydrogen-bond acceptors (Lipinski definition) is 12. The summed E-state index contributed by atoms with van der Waals surface area (Å²) in [5, 5.41) is 45.0. The SMILES string of the molecule is COc1ccc(CO[C@H]([C@@H](C)[C@H](O)/C=C/COC(C)=O)[C@@H](O)C[C@@H](O)[C@@H](OCc2ccc(OC)cc2)[C@H](C)[C@H](O)/C=C/COC(C)=O)cc1. The van der Waals surface area contributed by atoms with Crippen LogP contribution in [0, 0.1) is 11.8 Å². The average molecular weight is 689 g/mol. The molecule has 0 aliphatic carbocycles. The van der Waals surface area contributed by atoms with Gasteiger partial charge in [0.1, 0.15) is 24.7 Å². The second kappa shape index (κ2) is 22.0. The van der Waals surface area contributed by atoms with E-state index < -0.39 is 60.4 Å². The molecule has 0 radical (unpaired) electrons. The minimum absolute atomic E-state index is 0.0273. The first-order valence-electron chi connectivity index (χ1n) is 16.2. The van der Waals surface area contributed by atoms with Crippen LogP contribution in [-0.4, -0.2) is 96.4 Å². The van der Waals surface area contributed by atoms with Gasteiger partial charge in [-0.2, -0.15) is 0 Å². The number of aliphatic hydroxyl groups is 4. The Bertz CT molecular complexity index is 1190. The summed E-state index contributed by atoms with van der Waals surface area (Å²) in [6.07, 6.45) is -0.954. The topological polar surface area (TPSA) is 170 Å². The van der Waals surface area contributed by atoms with Gasteiger partial charge in [0.05, 0.1) is 64.1 Å². The zero-order chi connectivity index (χ0) is 36.3. The highest BCUT2D eigenvalue weighted by atomic mass is 16.5. The van der Waals surface area contributed by atoms with Gasteiger partial charge in [-0.15, -0.1) is 0 Å². The Morgan fingerprint density at radius 1 is 0.633 bits per heavy atom. The molecule has 4 N–H and O–H groups in total. The second-order valence-electron chi connectivity index (χ2n) is 11.8. The number of rotatable bonds is 22. The Labute approximate surface area is 288 Å². The third-order valence-corrected chi connectivity index (χ3v) is 7.99. The van der Waals surface area contributed by atoms with Crippen molar-refractivity contribution in [2.24, 2.45) is 11.8 Å². The molecule has 2 rings (SSSR count). The molecule has 0 amide bonds. The first-order chi connectivity index (χ1) is 23.4. The molecule has 0 spiro atoms. The molecule has 2 aromatic carbocycles. The summed E-state index contributed by atoms with van der Waals surface area (Å²) in [5.74, 6) is -0.910. The molecule has 49 heavy (non-hydrogen) atoms. The molecule has 0 heterocycles. The zero-order valence-electron chi connectivity index (χ0n) is 29.1. The lowest BCUT2D eigenvalue weighted by Crippen LogP contribution is -2.46. The van der Waals surface area contributed by atoms with Gasteiger partial charge < -0.3 is 48.8 Å². The van der Waals surface area contributed by atoms with E-state index in [2.05, 4.69) is 0 Å². The van der Waals surface area contributed by atoms with E-state index in [-0.39, 0.29) is 32.8 Å². The lowest BCUT2D eigenvalue weighted by Gasteiger charge is -2.35. The van der Waals surface area contributed by atoms with Gasteiger partial charge in [-0.3, -0.25) is 9.59 Å². The zero-order valence-corrected chi connectivity index (χ0v) is 29.1. The van der Waals surface area contributed by atoms with Crippen LogP contribution in [0.5, 0.6) is 11.5 Å². The standard InChI is InChI=1S/C37H52O12/c1-24(32(40)9-7-19-46-26(3)38)36(48-22-28-11-15-30(44-5)16-12-28)34(42)21-35(43)37(25(2)33(41)10-8-20-47-27(4)39)49-23-29-13-17-31(45-6)18-14-29/h7-18,24-25,32-37,40-43H,19-23H2,1-6H3/b9-7+,10-8+/t24-,25+,32-,33-,34-,35+,36+,37-/m1/s1. The summed E-state index contributed by atoms with van der Waals surface area (Å²) in [4.78, 5) is 22.2. The Balaban J connectivity index is 2.28. The normalized spacial score (nSPS) is 16.7. The molecular formula is C37H52O12. The Hall–Kier alpha value is -3.78. The molecule has 0 unspecified atom stereocenters. The van der Waals surface area contributed by atoms with Crippen molar-refractivity contribution >= 4 is 11.9 Å². The van der Waals surface area contributed by atoms with Gasteiger partial charge in [-0.25, -0.2) is 0 Å². The maximum absolute atomic E-state index is 11.5. The maximum atomic E-state index is 11.5. The van der Waals surface area contributed by atoms with Crippen molar-refractivity contribution in [1.29, 1.82) is 0 Å². The van der Waals surface area contributed by atoms with Gasteiger partial charge in [0.2, 0.25) is 0 Å². The lowest BCUT2D eigenvalue weighted by atomic mass is 9.87. The molecule has 0 aliphatic heterocycles. The smallest absolute Gasteiger partial charge is 0.302 e. The van der Waals surface area contributed by atoms with Gasteiger partial charge in [0, 0.05) is 32.1 Å². The van der Waals surface area contributed by atoms with Crippen molar-refractivity contribution < 1.29 is 58.4 Å². The van der Waals surface area contributed by atoms with Crippen LogP contribution in [0.2, 0.25) is 0 Å². The predicted octanol–water partition coefficient (Wildman–Crippen LogP) is 3.52. The molecule has 0 saturated carbocycles. The van der Waals surface area contributed by atoms with Crippen LogP contribution >= 0.6 is 0 Å². The predicted molar refractivity (Wildman–Crippen MR) is 182 cm³/mol. The number of carbonyl (C=O) groups is 2. The Morgan fingerprint density at radius 3 is 1.29 bits per heavy atom. The number of benzene rings is 2. The van der Waals surface area contributed by atoms with E-state index in [0.717, 1.165) is 11.1 Å². The summed E-state index contributed by atoms with van der Waals surface area (Å²) in [7, 11) is 3.13. The highest BCUT2D eigenvalue weighted by molar-refractivity contribution is 5.66. The molecule has 8 atom stereocenters. The van der Waals surface area contributed by atoms with Crippen molar-refractivity contribution in [3.05, 3.63) is 84.0 Å². The van der Waals surface area contributed by atoms with Gasteiger partial charge >= 0.3 is 11.9 Å². The Kier molecular flexibility index (Phi) is 18.6. The molecular weight excluding hydrogens is 636 g/mol. The van der Waals surface area contributed by atoms with Crippen LogP contribution in [0.15, 0.2) is 72.8 Å². The summed E-state index contributed by atoms with van der Waals surface area (Å²) in [6.45, 7) is 6.10. The summed E-state index contributed by atoms with van der Waals surface area (Å²) < 4.78 is 32.6. The fraction of sp³-hybridized carbons (Fsp3) is 0.514. The van der Waals surface area contributed by atoms with Gasteiger partial charge in [0.25, 0.3) is 0 Å². The minimum Gasteiger partial charge on any atom is -0.497 e. The molecule has 2 aromatic rings. The highest BCUT2D eigenvalue weighted by Crippen LogP contribution is 2.27. The third kappa shape index (κ3) is 15.1. The van der Waals surface area contributed by atoms with E-state index in [0.29, 0.717) is 11.5 Å². The van der Waals surface area contributed by atoms with Crippen LogP contribution in [0.1, 0.15) is 45.2 Å². The number of aliphatic hydroxyl groups excluding tert-OH is 4. The molecule has 0 aromatic heterocycles. The van der Waals surface area contributed by atoms with Crippen LogP contribution in [-0.2, 0) is 41.8 Å². The van der Waals surface area contributed by atoms with Crippen molar-refractivity contribution in [1.82, 2.24) is 0 Å². The van der Waals surface area contributed by atoms with E-state index in [4.69, 9.17) is 28.4 Å². The molecule has 272 valence electrons. The van der Waals surface area contributed by atoms with Crippen molar-refractivity contribution in [3.8, 4) is 11.5 Å². The van der Waals surface area contributed by atoms with E-state index in [1.165, 1.54) is 38.2 Å². The maximum Gasteiger partial charge on any atom is 0.302 e. The quantitative estimate of drug-likeness (QED) is 0.105. The van der Waals surface area contributed by atoms with Gasteiger partial charge in [-0.05, 0) is 47.5 Å². The number of ether oxygens (including phenoxy) is 6.